The number of aromatic nitrogens is 3. The maximum atomic E-state index is 12.3. The number of aryl methyl sites for hydroxylation is 1. The molecule has 5 nitrogen and oxygen atoms in total. The predicted molar refractivity (Wildman–Crippen MR) is 100 cm³/mol. The molecule has 0 bridgehead atoms. The molecular formula is C18H15ClN4OS. The number of hydrogen-bond donors (Lipinski definition) is 1. The minimum atomic E-state index is -0.0419. The van der Waals surface area contributed by atoms with Crippen LogP contribution in [0, 0.1) is 6.92 Å². The Balaban J connectivity index is 1.88. The van der Waals surface area contributed by atoms with Crippen LogP contribution in [-0.2, 0) is 4.79 Å². The zero-order valence-electron chi connectivity index (χ0n) is 13.4. The lowest BCUT2D eigenvalue weighted by molar-refractivity contribution is -0.113. The second kappa shape index (κ2) is 6.54. The average Bonchev–Trinajstić information content (AvgIpc) is 2.83. The van der Waals surface area contributed by atoms with Gasteiger partial charge in [0.25, 0.3) is 0 Å². The number of carbonyl (C=O) groups excluding carboxylic acids is 1. The Kier molecular flexibility index (Phi) is 4.23. The molecule has 0 spiro atoms. The molecule has 2 aromatic heterocycles. The number of fused-ring (bicyclic) bond motifs is 1. The SMILES string of the molecule is Cc1nn(-c2ccccn2)c2c1C(c1ccc(Cl)cc1)SCC(=O)N2. The molecule has 0 fully saturated rings. The molecule has 0 aliphatic carbocycles. The number of benzene rings is 1. The summed E-state index contributed by atoms with van der Waals surface area (Å²) in [5, 5.41) is 8.32. The van der Waals surface area contributed by atoms with E-state index in [1.165, 1.54) is 0 Å². The number of nitrogens with zero attached hydrogens (tertiary/aromatic N) is 3. The predicted octanol–water partition coefficient (Wildman–Crippen LogP) is 4.00. The zero-order valence-corrected chi connectivity index (χ0v) is 15.0. The minimum Gasteiger partial charge on any atom is -0.310 e. The monoisotopic (exact) mass is 370 g/mol. The number of pyridine rings is 1. The number of halogens is 1. The van der Waals surface area contributed by atoms with Gasteiger partial charge in [0.15, 0.2) is 5.82 Å². The Hall–Kier alpha value is -2.31. The van der Waals surface area contributed by atoms with Gasteiger partial charge >= 0.3 is 0 Å². The van der Waals surface area contributed by atoms with Gasteiger partial charge in [0.05, 0.1) is 16.7 Å². The lowest BCUT2D eigenvalue weighted by Crippen LogP contribution is -2.16. The molecular weight excluding hydrogens is 356 g/mol. The Bertz CT molecular complexity index is 924. The highest BCUT2D eigenvalue weighted by molar-refractivity contribution is 8.00. The molecule has 3 aromatic rings. The summed E-state index contributed by atoms with van der Waals surface area (Å²) >= 11 is 7.61. The first-order valence-corrected chi connectivity index (χ1v) is 9.24. The zero-order chi connectivity index (χ0) is 17.4. The quantitative estimate of drug-likeness (QED) is 0.740. The van der Waals surface area contributed by atoms with Gasteiger partial charge in [-0.05, 0) is 36.8 Å². The summed E-state index contributed by atoms with van der Waals surface area (Å²) in [7, 11) is 0. The van der Waals surface area contributed by atoms with Gasteiger partial charge in [0, 0.05) is 16.8 Å². The molecule has 3 heterocycles. The fourth-order valence-corrected chi connectivity index (χ4v) is 4.24. The molecule has 7 heteroatoms. The van der Waals surface area contributed by atoms with E-state index < -0.39 is 0 Å². The Morgan fingerprint density at radius 3 is 2.76 bits per heavy atom. The van der Waals surface area contributed by atoms with Crippen molar-refractivity contribution in [3.63, 3.8) is 0 Å². The van der Waals surface area contributed by atoms with Gasteiger partial charge in [-0.25, -0.2) is 4.98 Å². The molecule has 0 saturated carbocycles. The van der Waals surface area contributed by atoms with Crippen molar-refractivity contribution < 1.29 is 4.79 Å². The van der Waals surface area contributed by atoms with Crippen LogP contribution in [0.25, 0.3) is 5.82 Å². The molecule has 0 radical (unpaired) electrons. The van der Waals surface area contributed by atoms with E-state index in [-0.39, 0.29) is 11.2 Å². The van der Waals surface area contributed by atoms with Gasteiger partial charge in [-0.15, -0.1) is 11.8 Å². The molecule has 1 atom stereocenters. The molecule has 1 amide bonds. The molecule has 1 N–H and O–H groups in total. The lowest BCUT2D eigenvalue weighted by atomic mass is 10.0. The Morgan fingerprint density at radius 1 is 1.24 bits per heavy atom. The number of thioether (sulfide) groups is 1. The molecule has 126 valence electrons. The van der Waals surface area contributed by atoms with Crippen molar-refractivity contribution in [2.45, 2.75) is 12.2 Å². The van der Waals surface area contributed by atoms with Gasteiger partial charge in [0.1, 0.15) is 5.82 Å². The summed E-state index contributed by atoms with van der Waals surface area (Å²) in [6.07, 6.45) is 1.71. The first kappa shape index (κ1) is 16.2. The van der Waals surface area contributed by atoms with E-state index in [0.717, 1.165) is 16.8 Å². The summed E-state index contributed by atoms with van der Waals surface area (Å²) in [5.41, 5.74) is 2.97. The number of nitrogens with one attached hydrogen (secondary N) is 1. The van der Waals surface area contributed by atoms with E-state index in [1.54, 1.807) is 22.6 Å². The summed E-state index contributed by atoms with van der Waals surface area (Å²) in [6.45, 7) is 1.96. The first-order chi connectivity index (χ1) is 12.1. The highest BCUT2D eigenvalue weighted by atomic mass is 35.5. The molecule has 1 unspecified atom stereocenters. The van der Waals surface area contributed by atoms with Gasteiger partial charge in [0.2, 0.25) is 5.91 Å². The number of carbonyl (C=O) groups is 1. The van der Waals surface area contributed by atoms with E-state index in [2.05, 4.69) is 15.4 Å². The number of rotatable bonds is 2. The van der Waals surface area contributed by atoms with Crippen LogP contribution in [0.2, 0.25) is 5.02 Å². The summed E-state index contributed by atoms with van der Waals surface area (Å²) in [5.74, 6) is 1.70. The highest BCUT2D eigenvalue weighted by Gasteiger charge is 2.30. The van der Waals surface area contributed by atoms with Crippen molar-refractivity contribution in [3.05, 3.63) is 70.5 Å². The minimum absolute atomic E-state index is 0.00341. The van der Waals surface area contributed by atoms with E-state index in [1.807, 2.05) is 49.4 Å². The van der Waals surface area contributed by atoms with Crippen molar-refractivity contribution in [2.75, 3.05) is 11.1 Å². The van der Waals surface area contributed by atoms with E-state index >= 15 is 0 Å². The van der Waals surface area contributed by atoms with Crippen LogP contribution in [0.1, 0.15) is 22.1 Å². The molecule has 4 rings (SSSR count). The molecule has 1 aromatic carbocycles. The van der Waals surface area contributed by atoms with Crippen LogP contribution < -0.4 is 5.32 Å². The molecule has 25 heavy (non-hydrogen) atoms. The van der Waals surface area contributed by atoms with Crippen molar-refractivity contribution in [3.8, 4) is 5.82 Å². The van der Waals surface area contributed by atoms with Gasteiger partial charge < -0.3 is 5.32 Å². The largest absolute Gasteiger partial charge is 0.310 e. The van der Waals surface area contributed by atoms with Crippen LogP contribution in [0.5, 0.6) is 0 Å². The molecule has 1 aliphatic rings. The normalized spacial score (nSPS) is 16.9. The van der Waals surface area contributed by atoms with Gasteiger partial charge in [-0.1, -0.05) is 29.8 Å². The summed E-state index contributed by atoms with van der Waals surface area (Å²) < 4.78 is 1.71. The first-order valence-electron chi connectivity index (χ1n) is 7.81. The van der Waals surface area contributed by atoms with Crippen LogP contribution in [0.15, 0.2) is 48.7 Å². The highest BCUT2D eigenvalue weighted by Crippen LogP contribution is 2.43. The van der Waals surface area contributed by atoms with Crippen LogP contribution in [0.3, 0.4) is 0 Å². The fraction of sp³-hybridized carbons (Fsp3) is 0.167. The molecule has 1 aliphatic heterocycles. The van der Waals surface area contributed by atoms with Crippen molar-refractivity contribution in [2.24, 2.45) is 0 Å². The number of anilines is 1. The Morgan fingerprint density at radius 2 is 2.04 bits per heavy atom. The summed E-state index contributed by atoms with van der Waals surface area (Å²) in [6, 6.07) is 13.4. The third-order valence-electron chi connectivity index (χ3n) is 4.05. The average molecular weight is 371 g/mol. The maximum Gasteiger partial charge on any atom is 0.235 e. The Labute approximate surface area is 154 Å². The third kappa shape index (κ3) is 3.03. The van der Waals surface area contributed by atoms with Crippen LogP contribution in [-0.4, -0.2) is 26.4 Å². The van der Waals surface area contributed by atoms with Crippen LogP contribution in [0.4, 0.5) is 5.82 Å². The summed E-state index contributed by atoms with van der Waals surface area (Å²) in [4.78, 5) is 16.6. The second-order valence-corrected chi connectivity index (χ2v) is 7.27. The second-order valence-electron chi connectivity index (χ2n) is 5.74. The fourth-order valence-electron chi connectivity index (χ4n) is 2.93. The van der Waals surface area contributed by atoms with E-state index in [9.17, 15) is 4.79 Å². The standard InChI is InChI=1S/C18H15ClN4OS/c1-11-16-17(12-5-7-13(19)8-6-12)25-10-15(24)21-18(16)23(22-11)14-4-2-3-9-20-14/h2-9,17H,10H2,1H3,(H,21,24). The van der Waals surface area contributed by atoms with Gasteiger partial charge in [-0.3, -0.25) is 4.79 Å². The van der Waals surface area contributed by atoms with E-state index in [0.29, 0.717) is 22.4 Å². The van der Waals surface area contributed by atoms with E-state index in [4.69, 9.17) is 11.6 Å². The lowest BCUT2D eigenvalue weighted by Gasteiger charge is -2.15. The van der Waals surface area contributed by atoms with Crippen molar-refractivity contribution in [1.82, 2.24) is 14.8 Å². The number of hydrogen-bond acceptors (Lipinski definition) is 4. The van der Waals surface area contributed by atoms with Crippen molar-refractivity contribution in [1.29, 1.82) is 0 Å². The smallest absolute Gasteiger partial charge is 0.235 e. The number of amides is 1. The third-order valence-corrected chi connectivity index (χ3v) is 5.57. The van der Waals surface area contributed by atoms with Crippen molar-refractivity contribution >= 4 is 35.1 Å². The van der Waals surface area contributed by atoms with Crippen LogP contribution >= 0.6 is 23.4 Å². The topological polar surface area (TPSA) is 59.8 Å². The maximum absolute atomic E-state index is 12.3. The van der Waals surface area contributed by atoms with Gasteiger partial charge in [-0.2, -0.15) is 9.78 Å². The molecule has 0 saturated heterocycles.